The van der Waals surface area contributed by atoms with Crippen molar-refractivity contribution in [3.8, 4) is 0 Å². The molecular formula is C20H31N5O3. The minimum absolute atomic E-state index is 0.0419. The molecule has 0 unspecified atom stereocenters. The molecule has 0 bridgehead atoms. The molecule has 2 aliphatic rings. The summed E-state index contributed by atoms with van der Waals surface area (Å²) < 4.78 is 1.26. The molecule has 2 saturated heterocycles. The number of hydrogen-bond acceptors (Lipinski definition) is 5. The fraction of sp³-hybridized carbons (Fsp3) is 0.700. The van der Waals surface area contributed by atoms with Gasteiger partial charge in [-0.25, -0.2) is 4.68 Å². The van der Waals surface area contributed by atoms with Gasteiger partial charge in [0, 0.05) is 50.7 Å². The number of aromatic nitrogens is 2. The van der Waals surface area contributed by atoms with Gasteiger partial charge in [-0.3, -0.25) is 19.3 Å². The summed E-state index contributed by atoms with van der Waals surface area (Å²) in [6.07, 6.45) is 2.12. The zero-order chi connectivity index (χ0) is 20.5. The van der Waals surface area contributed by atoms with Gasteiger partial charge in [0.25, 0.3) is 5.56 Å². The molecule has 3 rings (SSSR count). The molecule has 2 aliphatic heterocycles. The van der Waals surface area contributed by atoms with E-state index in [-0.39, 0.29) is 29.5 Å². The molecule has 1 spiro atoms. The Labute approximate surface area is 166 Å². The van der Waals surface area contributed by atoms with Crippen molar-refractivity contribution >= 4 is 11.8 Å². The van der Waals surface area contributed by atoms with Crippen LogP contribution in [0.2, 0.25) is 0 Å². The predicted octanol–water partition coefficient (Wildman–Crippen LogP) is 0.405. The highest BCUT2D eigenvalue weighted by Gasteiger charge is 2.43. The highest BCUT2D eigenvalue weighted by molar-refractivity contribution is 5.77. The molecule has 0 N–H and O–H groups in total. The van der Waals surface area contributed by atoms with Crippen LogP contribution in [0.15, 0.2) is 10.9 Å². The first kappa shape index (κ1) is 20.5. The Kier molecular flexibility index (Phi) is 5.88. The van der Waals surface area contributed by atoms with Crippen LogP contribution in [0.4, 0.5) is 0 Å². The highest BCUT2D eigenvalue weighted by Crippen LogP contribution is 2.32. The van der Waals surface area contributed by atoms with Crippen molar-refractivity contribution in [2.24, 2.45) is 0 Å². The molecule has 154 valence electrons. The third-order valence-corrected chi connectivity index (χ3v) is 6.46. The van der Waals surface area contributed by atoms with Gasteiger partial charge >= 0.3 is 0 Å². The lowest BCUT2D eigenvalue weighted by molar-refractivity contribution is -0.137. The maximum atomic E-state index is 12.9. The predicted molar refractivity (Wildman–Crippen MR) is 106 cm³/mol. The first-order chi connectivity index (χ1) is 13.3. The maximum Gasteiger partial charge on any atom is 0.267 e. The zero-order valence-electron chi connectivity index (χ0n) is 17.4. The Bertz CT molecular complexity index is 821. The van der Waals surface area contributed by atoms with Gasteiger partial charge in [-0.15, -0.1) is 0 Å². The fourth-order valence-electron chi connectivity index (χ4n) is 4.26. The van der Waals surface area contributed by atoms with Crippen molar-refractivity contribution in [3.05, 3.63) is 27.7 Å². The Hall–Kier alpha value is -2.22. The van der Waals surface area contributed by atoms with E-state index in [0.29, 0.717) is 19.5 Å². The molecule has 2 fully saturated rings. The Morgan fingerprint density at radius 3 is 2.64 bits per heavy atom. The van der Waals surface area contributed by atoms with Crippen LogP contribution in [0.5, 0.6) is 0 Å². The van der Waals surface area contributed by atoms with E-state index >= 15 is 0 Å². The van der Waals surface area contributed by atoms with Gasteiger partial charge in [-0.2, -0.15) is 5.10 Å². The van der Waals surface area contributed by atoms with Crippen LogP contribution in [-0.2, 0) is 16.1 Å². The first-order valence-corrected chi connectivity index (χ1v) is 10.1. The molecule has 1 aromatic heterocycles. The number of amides is 2. The van der Waals surface area contributed by atoms with Gasteiger partial charge in [0.15, 0.2) is 0 Å². The van der Waals surface area contributed by atoms with Crippen LogP contribution in [-0.4, -0.2) is 81.6 Å². The molecule has 0 saturated carbocycles. The Morgan fingerprint density at radius 2 is 1.93 bits per heavy atom. The summed E-state index contributed by atoms with van der Waals surface area (Å²) >= 11 is 0. The number of carbonyl (C=O) groups excluding carboxylic acids is 2. The molecule has 8 nitrogen and oxygen atoms in total. The molecule has 3 heterocycles. The number of likely N-dealkylation sites (N-methyl/N-ethyl adjacent to an activating group) is 1. The number of aryl methyl sites for hydroxylation is 2. The van der Waals surface area contributed by atoms with Gasteiger partial charge in [0.1, 0.15) is 6.54 Å². The molecule has 28 heavy (non-hydrogen) atoms. The van der Waals surface area contributed by atoms with Gasteiger partial charge in [0.05, 0.1) is 5.69 Å². The minimum atomic E-state index is -0.251. The molecule has 1 aromatic rings. The first-order valence-electron chi connectivity index (χ1n) is 10.1. The summed E-state index contributed by atoms with van der Waals surface area (Å²) in [7, 11) is 2.09. The summed E-state index contributed by atoms with van der Waals surface area (Å²) in [4.78, 5) is 43.5. The van der Waals surface area contributed by atoms with Gasteiger partial charge in [-0.1, -0.05) is 0 Å². The SMILES string of the molecule is CCN1CC[C@@]2(CCC1=O)CN(C(=O)Cn1nc(C)c(C)cc1=O)CCN2C. The molecule has 0 radical (unpaired) electrons. The smallest absolute Gasteiger partial charge is 0.267 e. The van der Waals surface area contributed by atoms with E-state index in [1.807, 2.05) is 30.6 Å². The number of likely N-dealkylation sites (tertiary alicyclic amines) is 1. The highest BCUT2D eigenvalue weighted by atomic mass is 16.2. The second kappa shape index (κ2) is 8.03. The standard InChI is InChI=1S/C20H31N5O3/c1-5-23-9-8-20(7-6-17(23)26)14-24(11-10-22(20)4)19(28)13-25-18(27)12-15(2)16(3)21-25/h12H,5-11,13-14H2,1-4H3/t20-/m0/s1. The number of hydrogen-bond donors (Lipinski definition) is 0. The Morgan fingerprint density at radius 1 is 1.18 bits per heavy atom. The van der Waals surface area contributed by atoms with E-state index < -0.39 is 0 Å². The van der Waals surface area contributed by atoms with E-state index in [0.717, 1.165) is 43.7 Å². The largest absolute Gasteiger partial charge is 0.343 e. The zero-order valence-corrected chi connectivity index (χ0v) is 17.4. The molecular weight excluding hydrogens is 358 g/mol. The van der Waals surface area contributed by atoms with Gasteiger partial charge in [0.2, 0.25) is 11.8 Å². The van der Waals surface area contributed by atoms with Crippen molar-refractivity contribution in [2.45, 2.75) is 52.1 Å². The number of carbonyl (C=O) groups is 2. The van der Waals surface area contributed by atoms with Crippen LogP contribution >= 0.6 is 0 Å². The second-order valence-electron chi connectivity index (χ2n) is 8.09. The third kappa shape index (κ3) is 3.97. The monoisotopic (exact) mass is 389 g/mol. The second-order valence-corrected chi connectivity index (χ2v) is 8.09. The van der Waals surface area contributed by atoms with E-state index in [1.54, 1.807) is 0 Å². The van der Waals surface area contributed by atoms with Crippen LogP contribution < -0.4 is 5.56 Å². The topological polar surface area (TPSA) is 78.8 Å². The molecule has 8 heteroatoms. The van der Waals surface area contributed by atoms with Crippen molar-refractivity contribution in [1.82, 2.24) is 24.5 Å². The van der Waals surface area contributed by atoms with Crippen molar-refractivity contribution in [2.75, 3.05) is 39.8 Å². The van der Waals surface area contributed by atoms with Gasteiger partial charge in [-0.05, 0) is 46.2 Å². The molecule has 1 atom stereocenters. The summed E-state index contributed by atoms with van der Waals surface area (Å²) in [5.74, 6) is 0.107. The quantitative estimate of drug-likeness (QED) is 0.748. The Balaban J connectivity index is 1.75. The maximum absolute atomic E-state index is 12.9. The van der Waals surface area contributed by atoms with E-state index in [1.165, 1.54) is 10.7 Å². The summed E-state index contributed by atoms with van der Waals surface area (Å²) in [5, 5.41) is 4.27. The van der Waals surface area contributed by atoms with E-state index in [4.69, 9.17) is 0 Å². The molecule has 0 aromatic carbocycles. The average Bonchev–Trinajstić information content (AvgIpc) is 2.81. The summed E-state index contributed by atoms with van der Waals surface area (Å²) in [5.41, 5.74) is 1.15. The molecule has 2 amide bonds. The lowest BCUT2D eigenvalue weighted by atomic mass is 9.86. The lowest BCUT2D eigenvalue weighted by Gasteiger charge is -2.49. The number of piperazine rings is 1. The van der Waals surface area contributed by atoms with Crippen molar-refractivity contribution in [3.63, 3.8) is 0 Å². The number of rotatable bonds is 3. The lowest BCUT2D eigenvalue weighted by Crippen LogP contribution is -2.62. The number of nitrogens with zero attached hydrogens (tertiary/aromatic N) is 5. The minimum Gasteiger partial charge on any atom is -0.343 e. The van der Waals surface area contributed by atoms with Crippen LogP contribution in [0.25, 0.3) is 0 Å². The van der Waals surface area contributed by atoms with Crippen molar-refractivity contribution < 1.29 is 9.59 Å². The molecule has 0 aliphatic carbocycles. The van der Waals surface area contributed by atoms with Crippen LogP contribution in [0.3, 0.4) is 0 Å². The normalized spacial score (nSPS) is 23.9. The van der Waals surface area contributed by atoms with Crippen LogP contribution in [0, 0.1) is 13.8 Å². The third-order valence-electron chi connectivity index (χ3n) is 6.46. The van der Waals surface area contributed by atoms with E-state index in [2.05, 4.69) is 17.0 Å². The van der Waals surface area contributed by atoms with E-state index in [9.17, 15) is 14.4 Å². The fourth-order valence-corrected chi connectivity index (χ4v) is 4.26. The summed E-state index contributed by atoms with van der Waals surface area (Å²) in [6, 6.07) is 1.53. The average molecular weight is 390 g/mol. The summed E-state index contributed by atoms with van der Waals surface area (Å²) in [6.45, 7) is 9.07. The van der Waals surface area contributed by atoms with Gasteiger partial charge < -0.3 is 9.80 Å². The van der Waals surface area contributed by atoms with Crippen molar-refractivity contribution in [1.29, 1.82) is 0 Å². The van der Waals surface area contributed by atoms with Crippen LogP contribution in [0.1, 0.15) is 37.4 Å².